The van der Waals surface area contributed by atoms with Gasteiger partial charge in [0.2, 0.25) is 0 Å². The van der Waals surface area contributed by atoms with E-state index in [1.54, 1.807) is 0 Å². The normalized spacial score (nSPS) is 19.3. The van der Waals surface area contributed by atoms with Crippen molar-refractivity contribution >= 4 is 5.97 Å². The van der Waals surface area contributed by atoms with E-state index in [0.717, 1.165) is 32.5 Å². The average Bonchev–Trinajstić information content (AvgIpc) is 2.27. The third-order valence-corrected chi connectivity index (χ3v) is 2.80. The molecule has 1 aliphatic rings. The van der Waals surface area contributed by atoms with Crippen LogP contribution in [0, 0.1) is 0 Å². The Labute approximate surface area is 96.9 Å². The highest BCUT2D eigenvalue weighted by Gasteiger charge is 2.18. The van der Waals surface area contributed by atoms with E-state index >= 15 is 0 Å². The molecule has 0 bridgehead atoms. The number of likely N-dealkylation sites (tertiary alicyclic amines) is 1. The van der Waals surface area contributed by atoms with Gasteiger partial charge >= 0.3 is 5.97 Å². The molecule has 1 N–H and O–H groups in total. The van der Waals surface area contributed by atoms with E-state index in [4.69, 9.17) is 9.84 Å². The van der Waals surface area contributed by atoms with Crippen LogP contribution in [0.15, 0.2) is 12.2 Å². The van der Waals surface area contributed by atoms with Gasteiger partial charge in [0.25, 0.3) is 0 Å². The van der Waals surface area contributed by atoms with Crippen LogP contribution in [0.2, 0.25) is 0 Å². The Bertz CT molecular complexity index is 232. The molecular formula is C12H21NO3. The number of allylic oxidation sites excluding steroid dienone is 1. The maximum absolute atomic E-state index is 10.3. The summed E-state index contributed by atoms with van der Waals surface area (Å²) in [5, 5.41) is 8.49. The first-order valence-corrected chi connectivity index (χ1v) is 5.89. The van der Waals surface area contributed by atoms with Crippen LogP contribution in [0.1, 0.15) is 26.2 Å². The van der Waals surface area contributed by atoms with Gasteiger partial charge in [-0.05, 0) is 19.8 Å². The predicted molar refractivity (Wildman–Crippen MR) is 62.5 cm³/mol. The number of carboxylic acids is 1. The zero-order valence-electron chi connectivity index (χ0n) is 9.89. The Hall–Kier alpha value is -0.870. The molecule has 0 aromatic carbocycles. The predicted octanol–water partition coefficient (Wildman–Crippen LogP) is 1.52. The van der Waals surface area contributed by atoms with Gasteiger partial charge in [-0.1, -0.05) is 12.2 Å². The van der Waals surface area contributed by atoms with Crippen molar-refractivity contribution in [1.29, 1.82) is 0 Å². The molecule has 0 aromatic rings. The Balaban J connectivity index is 2.09. The third-order valence-electron chi connectivity index (χ3n) is 2.80. The quantitative estimate of drug-likeness (QED) is 0.699. The third kappa shape index (κ3) is 5.28. The number of rotatable bonds is 6. The van der Waals surface area contributed by atoms with Crippen molar-refractivity contribution in [2.75, 3.05) is 26.2 Å². The number of hydrogen-bond acceptors (Lipinski definition) is 3. The molecule has 1 aliphatic heterocycles. The standard InChI is InChI=1S/C12H21NO3/c1-2-3-7-13-8-4-11(5-9-13)16-10-6-12(14)15/h2-3,11H,4-10H2,1H3,(H,14,15). The van der Waals surface area contributed by atoms with Crippen LogP contribution in [-0.4, -0.2) is 48.3 Å². The van der Waals surface area contributed by atoms with Crippen molar-refractivity contribution in [2.24, 2.45) is 0 Å². The van der Waals surface area contributed by atoms with Crippen LogP contribution in [0.4, 0.5) is 0 Å². The van der Waals surface area contributed by atoms with E-state index < -0.39 is 5.97 Å². The second-order valence-electron chi connectivity index (χ2n) is 4.08. The van der Waals surface area contributed by atoms with Crippen molar-refractivity contribution in [3.8, 4) is 0 Å². The molecule has 4 heteroatoms. The summed E-state index contributed by atoms with van der Waals surface area (Å²) in [5.41, 5.74) is 0. The lowest BCUT2D eigenvalue weighted by atomic mass is 10.1. The van der Waals surface area contributed by atoms with Crippen molar-refractivity contribution < 1.29 is 14.6 Å². The van der Waals surface area contributed by atoms with E-state index in [-0.39, 0.29) is 12.5 Å². The lowest BCUT2D eigenvalue weighted by molar-refractivity contribution is -0.138. The lowest BCUT2D eigenvalue weighted by Gasteiger charge is -2.30. The van der Waals surface area contributed by atoms with Crippen LogP contribution in [0.25, 0.3) is 0 Å². The molecule has 0 unspecified atom stereocenters. The summed E-state index contributed by atoms with van der Waals surface area (Å²) in [6.45, 7) is 5.47. The smallest absolute Gasteiger partial charge is 0.305 e. The number of nitrogens with zero attached hydrogens (tertiary/aromatic N) is 1. The maximum Gasteiger partial charge on any atom is 0.305 e. The Kier molecular flexibility index (Phi) is 6.11. The largest absolute Gasteiger partial charge is 0.481 e. The highest BCUT2D eigenvalue weighted by atomic mass is 16.5. The zero-order valence-corrected chi connectivity index (χ0v) is 9.89. The fourth-order valence-electron chi connectivity index (χ4n) is 1.83. The highest BCUT2D eigenvalue weighted by Crippen LogP contribution is 2.13. The molecular weight excluding hydrogens is 206 g/mol. The van der Waals surface area contributed by atoms with Crippen LogP contribution in [0.5, 0.6) is 0 Å². The SMILES string of the molecule is CC=CCN1CCC(OCCC(=O)O)CC1. The number of carboxylic acid groups (broad SMARTS) is 1. The summed E-state index contributed by atoms with van der Waals surface area (Å²) < 4.78 is 5.52. The van der Waals surface area contributed by atoms with E-state index in [0.29, 0.717) is 6.61 Å². The van der Waals surface area contributed by atoms with E-state index in [1.165, 1.54) is 0 Å². The number of carbonyl (C=O) groups is 1. The summed E-state index contributed by atoms with van der Waals surface area (Å²) >= 11 is 0. The molecule has 0 amide bonds. The van der Waals surface area contributed by atoms with Gasteiger partial charge in [-0.3, -0.25) is 9.69 Å². The Morgan fingerprint density at radius 3 is 2.75 bits per heavy atom. The van der Waals surface area contributed by atoms with Gasteiger partial charge in [-0.15, -0.1) is 0 Å². The highest BCUT2D eigenvalue weighted by molar-refractivity contribution is 5.66. The maximum atomic E-state index is 10.3. The van der Waals surface area contributed by atoms with Gasteiger partial charge in [0.1, 0.15) is 0 Å². The van der Waals surface area contributed by atoms with E-state index in [9.17, 15) is 4.79 Å². The first-order valence-electron chi connectivity index (χ1n) is 5.89. The molecule has 1 fully saturated rings. The fourth-order valence-corrected chi connectivity index (χ4v) is 1.83. The number of piperidine rings is 1. The molecule has 1 rings (SSSR count). The first kappa shape index (κ1) is 13.2. The van der Waals surface area contributed by atoms with Crippen LogP contribution >= 0.6 is 0 Å². The molecule has 1 saturated heterocycles. The summed E-state index contributed by atoms with van der Waals surface area (Å²) in [6.07, 6.45) is 6.61. The molecule has 4 nitrogen and oxygen atoms in total. The topological polar surface area (TPSA) is 49.8 Å². The molecule has 1 heterocycles. The summed E-state index contributed by atoms with van der Waals surface area (Å²) in [5.74, 6) is -0.787. The van der Waals surface area contributed by atoms with Crippen molar-refractivity contribution in [2.45, 2.75) is 32.3 Å². The Morgan fingerprint density at radius 1 is 1.50 bits per heavy atom. The summed E-state index contributed by atoms with van der Waals surface area (Å²) in [6, 6.07) is 0. The van der Waals surface area contributed by atoms with Gasteiger partial charge in [-0.2, -0.15) is 0 Å². The molecule has 0 aliphatic carbocycles. The minimum absolute atomic E-state index is 0.110. The van der Waals surface area contributed by atoms with Gasteiger partial charge < -0.3 is 9.84 Å². The second-order valence-corrected chi connectivity index (χ2v) is 4.08. The van der Waals surface area contributed by atoms with Gasteiger partial charge in [0.15, 0.2) is 0 Å². The van der Waals surface area contributed by atoms with Crippen molar-refractivity contribution in [3.63, 3.8) is 0 Å². The van der Waals surface area contributed by atoms with Gasteiger partial charge in [0, 0.05) is 19.6 Å². The molecule has 92 valence electrons. The molecule has 0 atom stereocenters. The molecule has 0 saturated carbocycles. The first-order chi connectivity index (χ1) is 7.72. The zero-order chi connectivity index (χ0) is 11.8. The van der Waals surface area contributed by atoms with Crippen molar-refractivity contribution in [3.05, 3.63) is 12.2 Å². The van der Waals surface area contributed by atoms with Crippen LogP contribution in [0.3, 0.4) is 0 Å². The average molecular weight is 227 g/mol. The van der Waals surface area contributed by atoms with Gasteiger partial charge in [-0.25, -0.2) is 0 Å². The van der Waals surface area contributed by atoms with Crippen LogP contribution in [-0.2, 0) is 9.53 Å². The molecule has 16 heavy (non-hydrogen) atoms. The van der Waals surface area contributed by atoms with Gasteiger partial charge in [0.05, 0.1) is 19.1 Å². The summed E-state index contributed by atoms with van der Waals surface area (Å²) in [4.78, 5) is 12.7. The molecule has 0 radical (unpaired) electrons. The lowest BCUT2D eigenvalue weighted by Crippen LogP contribution is -2.37. The number of hydrogen-bond donors (Lipinski definition) is 1. The van der Waals surface area contributed by atoms with Crippen molar-refractivity contribution in [1.82, 2.24) is 4.90 Å². The fraction of sp³-hybridized carbons (Fsp3) is 0.750. The van der Waals surface area contributed by atoms with E-state index in [1.807, 2.05) is 6.92 Å². The molecule has 0 aromatic heterocycles. The Morgan fingerprint density at radius 2 is 2.19 bits per heavy atom. The second kappa shape index (κ2) is 7.41. The monoisotopic (exact) mass is 227 g/mol. The minimum Gasteiger partial charge on any atom is -0.481 e. The molecule has 0 spiro atoms. The number of aliphatic carboxylic acids is 1. The minimum atomic E-state index is -0.787. The van der Waals surface area contributed by atoms with E-state index in [2.05, 4.69) is 17.1 Å². The van der Waals surface area contributed by atoms with Crippen LogP contribution < -0.4 is 0 Å². The summed E-state index contributed by atoms with van der Waals surface area (Å²) in [7, 11) is 0. The number of ether oxygens (including phenoxy) is 1.